The number of carboxylic acids is 1. The first kappa shape index (κ1) is 10.7. The van der Waals surface area contributed by atoms with Crippen LogP contribution in [-0.4, -0.2) is 36.6 Å². The molecule has 86 valence electrons. The molecule has 17 heavy (non-hydrogen) atoms. The Morgan fingerprint density at radius 1 is 1.47 bits per heavy atom. The Labute approximate surface area is 93.2 Å². The number of aromatic amines is 1. The van der Waals surface area contributed by atoms with Crippen molar-refractivity contribution >= 4 is 11.7 Å². The highest BCUT2D eigenvalue weighted by molar-refractivity contribution is 5.95. The van der Waals surface area contributed by atoms with Crippen LogP contribution >= 0.6 is 0 Å². The van der Waals surface area contributed by atoms with Crippen LogP contribution in [-0.2, 0) is 0 Å². The van der Waals surface area contributed by atoms with Crippen molar-refractivity contribution in [3.05, 3.63) is 33.9 Å². The lowest BCUT2D eigenvalue weighted by Gasteiger charge is -2.01. The molecule has 0 amide bonds. The molecule has 0 radical (unpaired) electrons. The zero-order valence-corrected chi connectivity index (χ0v) is 8.19. The lowest BCUT2D eigenvalue weighted by atomic mass is 10.1. The van der Waals surface area contributed by atoms with Gasteiger partial charge in [0, 0.05) is 17.7 Å². The number of hydrogen-bond acceptors (Lipinski definition) is 6. The third kappa shape index (κ3) is 1.93. The predicted octanol–water partition coefficient (Wildman–Crippen LogP) is 0.473. The van der Waals surface area contributed by atoms with Gasteiger partial charge in [0.1, 0.15) is 0 Å². The van der Waals surface area contributed by atoms with Gasteiger partial charge >= 0.3 is 5.97 Å². The fourth-order valence-corrected chi connectivity index (χ4v) is 1.30. The molecule has 2 rings (SSSR count). The quantitative estimate of drug-likeness (QED) is 0.583. The van der Waals surface area contributed by atoms with E-state index in [9.17, 15) is 14.9 Å². The molecule has 0 bridgehead atoms. The normalized spacial score (nSPS) is 10.1. The first-order valence-corrected chi connectivity index (χ1v) is 4.35. The van der Waals surface area contributed by atoms with Gasteiger partial charge in [0.25, 0.3) is 5.69 Å². The summed E-state index contributed by atoms with van der Waals surface area (Å²) in [5.41, 5.74) is -0.285. The van der Waals surface area contributed by atoms with Crippen LogP contribution in [0, 0.1) is 10.1 Å². The zero-order valence-electron chi connectivity index (χ0n) is 8.19. The van der Waals surface area contributed by atoms with E-state index in [2.05, 4.69) is 20.6 Å². The van der Waals surface area contributed by atoms with Gasteiger partial charge in [-0.15, -0.1) is 5.10 Å². The Hall–Kier alpha value is -2.84. The van der Waals surface area contributed by atoms with Crippen molar-refractivity contribution < 1.29 is 14.8 Å². The Bertz CT molecular complexity index is 580. The molecule has 9 nitrogen and oxygen atoms in total. The Kier molecular flexibility index (Phi) is 2.49. The molecule has 0 unspecified atom stereocenters. The van der Waals surface area contributed by atoms with Gasteiger partial charge in [-0.1, -0.05) is 0 Å². The van der Waals surface area contributed by atoms with Crippen molar-refractivity contribution in [1.82, 2.24) is 20.6 Å². The van der Waals surface area contributed by atoms with Crippen LogP contribution in [0.15, 0.2) is 18.2 Å². The zero-order chi connectivity index (χ0) is 12.4. The minimum atomic E-state index is -1.22. The minimum Gasteiger partial charge on any atom is -0.478 e. The second-order valence-corrected chi connectivity index (χ2v) is 3.04. The van der Waals surface area contributed by atoms with Crippen molar-refractivity contribution in [3.63, 3.8) is 0 Å². The predicted molar refractivity (Wildman–Crippen MR) is 53.2 cm³/mol. The SMILES string of the molecule is O=C(O)c1ccc([N+](=O)[O-])cc1-c1nnn[nH]1. The summed E-state index contributed by atoms with van der Waals surface area (Å²) in [5, 5.41) is 32.0. The smallest absolute Gasteiger partial charge is 0.336 e. The summed E-state index contributed by atoms with van der Waals surface area (Å²) in [4.78, 5) is 20.9. The molecule has 1 aromatic carbocycles. The van der Waals surface area contributed by atoms with Gasteiger partial charge in [-0.3, -0.25) is 10.1 Å². The summed E-state index contributed by atoms with van der Waals surface area (Å²) in [6.45, 7) is 0. The fraction of sp³-hybridized carbons (Fsp3) is 0. The van der Waals surface area contributed by atoms with Crippen LogP contribution in [0.3, 0.4) is 0 Å². The molecule has 0 spiro atoms. The molecule has 1 heterocycles. The van der Waals surface area contributed by atoms with E-state index in [1.54, 1.807) is 0 Å². The molecule has 0 saturated heterocycles. The highest BCUT2D eigenvalue weighted by Crippen LogP contribution is 2.24. The monoisotopic (exact) mass is 235 g/mol. The van der Waals surface area contributed by atoms with Gasteiger partial charge in [0.2, 0.25) is 0 Å². The van der Waals surface area contributed by atoms with Crippen LogP contribution in [0.1, 0.15) is 10.4 Å². The van der Waals surface area contributed by atoms with E-state index in [0.29, 0.717) is 0 Å². The summed E-state index contributed by atoms with van der Waals surface area (Å²) < 4.78 is 0. The molecule has 0 aliphatic carbocycles. The topological polar surface area (TPSA) is 135 Å². The average Bonchev–Trinajstić information content (AvgIpc) is 2.81. The molecule has 0 saturated carbocycles. The number of aromatic carboxylic acids is 1. The van der Waals surface area contributed by atoms with Crippen LogP contribution in [0.2, 0.25) is 0 Å². The van der Waals surface area contributed by atoms with E-state index < -0.39 is 10.9 Å². The van der Waals surface area contributed by atoms with Crippen molar-refractivity contribution in [1.29, 1.82) is 0 Å². The third-order valence-corrected chi connectivity index (χ3v) is 2.04. The molecule has 2 aromatic rings. The summed E-state index contributed by atoms with van der Waals surface area (Å²) in [6, 6.07) is 3.35. The maximum absolute atomic E-state index is 10.9. The first-order chi connectivity index (χ1) is 8.09. The van der Waals surface area contributed by atoms with Gasteiger partial charge < -0.3 is 5.11 Å². The van der Waals surface area contributed by atoms with E-state index in [0.717, 1.165) is 18.2 Å². The Morgan fingerprint density at radius 3 is 2.76 bits per heavy atom. The number of nitro groups is 1. The number of rotatable bonds is 3. The second kappa shape index (κ2) is 3.96. The number of aromatic nitrogens is 4. The first-order valence-electron chi connectivity index (χ1n) is 4.35. The van der Waals surface area contributed by atoms with E-state index in [1.807, 2.05) is 0 Å². The van der Waals surface area contributed by atoms with Crippen molar-refractivity contribution in [3.8, 4) is 11.4 Å². The maximum Gasteiger partial charge on any atom is 0.336 e. The van der Waals surface area contributed by atoms with Crippen LogP contribution < -0.4 is 0 Å². The number of hydrogen-bond donors (Lipinski definition) is 2. The molecule has 0 atom stereocenters. The molecule has 0 fully saturated rings. The number of nitro benzene ring substituents is 1. The molecule has 2 N–H and O–H groups in total. The van der Waals surface area contributed by atoms with E-state index >= 15 is 0 Å². The van der Waals surface area contributed by atoms with Crippen molar-refractivity contribution in [2.45, 2.75) is 0 Å². The summed E-state index contributed by atoms with van der Waals surface area (Å²) in [7, 11) is 0. The third-order valence-electron chi connectivity index (χ3n) is 2.04. The number of nitrogens with zero attached hydrogens (tertiary/aromatic N) is 4. The molecular weight excluding hydrogens is 230 g/mol. The van der Waals surface area contributed by atoms with Gasteiger partial charge in [-0.05, 0) is 16.5 Å². The van der Waals surface area contributed by atoms with E-state index in [1.165, 1.54) is 0 Å². The van der Waals surface area contributed by atoms with Gasteiger partial charge in [-0.25, -0.2) is 9.89 Å². The summed E-state index contributed by atoms with van der Waals surface area (Å²) in [6.07, 6.45) is 0. The average molecular weight is 235 g/mol. The van der Waals surface area contributed by atoms with Crippen molar-refractivity contribution in [2.24, 2.45) is 0 Å². The Morgan fingerprint density at radius 2 is 2.24 bits per heavy atom. The Balaban J connectivity index is 2.64. The maximum atomic E-state index is 10.9. The molecule has 9 heteroatoms. The molecule has 0 aliphatic heterocycles. The van der Waals surface area contributed by atoms with Crippen LogP contribution in [0.25, 0.3) is 11.4 Å². The van der Waals surface area contributed by atoms with Crippen LogP contribution in [0.5, 0.6) is 0 Å². The van der Waals surface area contributed by atoms with Gasteiger partial charge in [-0.2, -0.15) is 0 Å². The van der Waals surface area contributed by atoms with Gasteiger partial charge in [0.15, 0.2) is 5.82 Å². The van der Waals surface area contributed by atoms with E-state index in [-0.39, 0.29) is 22.6 Å². The number of carboxylic acid groups (broad SMARTS) is 1. The lowest BCUT2D eigenvalue weighted by molar-refractivity contribution is -0.384. The van der Waals surface area contributed by atoms with Gasteiger partial charge in [0.05, 0.1) is 10.5 Å². The summed E-state index contributed by atoms with van der Waals surface area (Å²) in [5.74, 6) is -1.16. The number of tetrazole rings is 1. The molecule has 1 aromatic heterocycles. The molecule has 0 aliphatic rings. The highest BCUT2D eigenvalue weighted by Gasteiger charge is 2.18. The largest absolute Gasteiger partial charge is 0.478 e. The second-order valence-electron chi connectivity index (χ2n) is 3.04. The number of nitrogens with one attached hydrogen (secondary N) is 1. The minimum absolute atomic E-state index is 0.0612. The lowest BCUT2D eigenvalue weighted by Crippen LogP contribution is -2.01. The summed E-state index contributed by atoms with van der Waals surface area (Å²) >= 11 is 0. The van der Waals surface area contributed by atoms with Crippen molar-refractivity contribution in [2.75, 3.05) is 0 Å². The number of carbonyl (C=O) groups is 1. The van der Waals surface area contributed by atoms with Crippen LogP contribution in [0.4, 0.5) is 5.69 Å². The number of H-pyrrole nitrogens is 1. The molecular formula is C8H5N5O4. The standard InChI is InChI=1S/C8H5N5O4/c14-8(15)5-2-1-4(13(16)17)3-6(5)7-9-11-12-10-7/h1-3H,(H,14,15)(H,9,10,11,12). The fourth-order valence-electron chi connectivity index (χ4n) is 1.30. The number of benzene rings is 1. The highest BCUT2D eigenvalue weighted by atomic mass is 16.6. The van der Waals surface area contributed by atoms with E-state index in [4.69, 9.17) is 5.11 Å². The number of non-ortho nitro benzene ring substituents is 1.